The summed E-state index contributed by atoms with van der Waals surface area (Å²) in [6.07, 6.45) is 2.80. The third-order valence-corrected chi connectivity index (χ3v) is 2.46. The zero-order valence-electron chi connectivity index (χ0n) is 9.78. The second-order valence-electron chi connectivity index (χ2n) is 3.87. The average Bonchev–Trinajstić information content (AvgIpc) is 2.37. The zero-order chi connectivity index (χ0) is 12.1. The summed E-state index contributed by atoms with van der Waals surface area (Å²) in [5, 5.41) is 3.29. The topological polar surface area (TPSA) is 24.9 Å². The molecule has 0 amide bonds. The van der Waals surface area contributed by atoms with Crippen LogP contribution in [0.2, 0.25) is 0 Å². The molecule has 0 aliphatic heterocycles. The molecule has 88 valence electrons. The molecule has 2 rings (SSSR count). The molecule has 0 bridgehead atoms. The molecule has 0 atom stereocenters. The van der Waals surface area contributed by atoms with Gasteiger partial charge in [-0.1, -0.05) is 19.1 Å². The Morgan fingerprint density at radius 1 is 1.24 bits per heavy atom. The molecule has 1 aromatic carbocycles. The van der Waals surface area contributed by atoms with E-state index in [1.54, 1.807) is 12.3 Å². The highest BCUT2D eigenvalue weighted by atomic mass is 19.1. The number of rotatable bonds is 4. The van der Waals surface area contributed by atoms with Crippen molar-refractivity contribution in [3.8, 4) is 11.3 Å². The third kappa shape index (κ3) is 3.03. The van der Waals surface area contributed by atoms with Gasteiger partial charge in [-0.2, -0.15) is 0 Å². The van der Waals surface area contributed by atoms with Gasteiger partial charge in [-0.05, 0) is 30.7 Å². The molecule has 0 saturated heterocycles. The number of anilines is 1. The lowest BCUT2D eigenvalue weighted by atomic mass is 10.1. The number of pyridine rings is 1. The largest absolute Gasteiger partial charge is 0.385 e. The van der Waals surface area contributed by atoms with Crippen molar-refractivity contribution in [3.63, 3.8) is 0 Å². The zero-order valence-corrected chi connectivity index (χ0v) is 9.78. The molecule has 0 spiro atoms. The Morgan fingerprint density at radius 3 is 2.88 bits per heavy atom. The van der Waals surface area contributed by atoms with Crippen molar-refractivity contribution >= 4 is 5.69 Å². The van der Waals surface area contributed by atoms with Crippen LogP contribution in [0.15, 0.2) is 42.6 Å². The first-order valence-electron chi connectivity index (χ1n) is 5.75. The van der Waals surface area contributed by atoms with E-state index in [1.165, 1.54) is 12.1 Å². The molecule has 17 heavy (non-hydrogen) atoms. The van der Waals surface area contributed by atoms with Gasteiger partial charge in [0.05, 0.1) is 5.69 Å². The van der Waals surface area contributed by atoms with Gasteiger partial charge in [0.25, 0.3) is 0 Å². The Morgan fingerprint density at radius 2 is 2.12 bits per heavy atom. The minimum atomic E-state index is -0.240. The van der Waals surface area contributed by atoms with E-state index >= 15 is 0 Å². The van der Waals surface area contributed by atoms with E-state index in [0.717, 1.165) is 29.9 Å². The maximum atomic E-state index is 13.1. The molecule has 2 aromatic rings. The van der Waals surface area contributed by atoms with Crippen LogP contribution in [0.1, 0.15) is 13.3 Å². The van der Waals surface area contributed by atoms with Gasteiger partial charge in [0.15, 0.2) is 0 Å². The summed E-state index contributed by atoms with van der Waals surface area (Å²) in [5.74, 6) is -0.240. The number of benzene rings is 1. The summed E-state index contributed by atoms with van der Waals surface area (Å²) in [5.41, 5.74) is 2.59. The molecule has 0 aliphatic carbocycles. The molecular weight excluding hydrogens is 215 g/mol. The van der Waals surface area contributed by atoms with Gasteiger partial charge in [-0.3, -0.25) is 4.98 Å². The van der Waals surface area contributed by atoms with Crippen LogP contribution in [0.3, 0.4) is 0 Å². The Labute approximate surface area is 101 Å². The normalized spacial score (nSPS) is 10.2. The van der Waals surface area contributed by atoms with E-state index in [0.29, 0.717) is 0 Å². The van der Waals surface area contributed by atoms with Crippen LogP contribution in [0.5, 0.6) is 0 Å². The van der Waals surface area contributed by atoms with Crippen molar-refractivity contribution in [1.82, 2.24) is 4.98 Å². The number of hydrogen-bond acceptors (Lipinski definition) is 2. The quantitative estimate of drug-likeness (QED) is 0.866. The Balaban J connectivity index is 2.26. The van der Waals surface area contributed by atoms with E-state index in [9.17, 15) is 4.39 Å². The van der Waals surface area contributed by atoms with Gasteiger partial charge < -0.3 is 5.32 Å². The van der Waals surface area contributed by atoms with Crippen LogP contribution in [0.4, 0.5) is 10.1 Å². The van der Waals surface area contributed by atoms with E-state index in [-0.39, 0.29) is 5.82 Å². The highest BCUT2D eigenvalue weighted by Crippen LogP contribution is 2.20. The van der Waals surface area contributed by atoms with Crippen LogP contribution >= 0.6 is 0 Å². The van der Waals surface area contributed by atoms with Gasteiger partial charge in [-0.15, -0.1) is 0 Å². The molecule has 1 heterocycles. The fourth-order valence-corrected chi connectivity index (χ4v) is 1.62. The van der Waals surface area contributed by atoms with Gasteiger partial charge in [0, 0.05) is 24.0 Å². The monoisotopic (exact) mass is 230 g/mol. The number of nitrogens with zero attached hydrogens (tertiary/aromatic N) is 1. The van der Waals surface area contributed by atoms with Gasteiger partial charge >= 0.3 is 0 Å². The smallest absolute Gasteiger partial charge is 0.123 e. The summed E-state index contributed by atoms with van der Waals surface area (Å²) < 4.78 is 13.1. The molecule has 3 heteroatoms. The highest BCUT2D eigenvalue weighted by Gasteiger charge is 2.01. The molecule has 0 saturated carbocycles. The summed E-state index contributed by atoms with van der Waals surface area (Å²) in [7, 11) is 0. The lowest BCUT2D eigenvalue weighted by Gasteiger charge is -2.06. The second-order valence-corrected chi connectivity index (χ2v) is 3.87. The lowest BCUT2D eigenvalue weighted by molar-refractivity contribution is 0.628. The van der Waals surface area contributed by atoms with E-state index in [4.69, 9.17) is 0 Å². The Hall–Kier alpha value is -1.90. The third-order valence-electron chi connectivity index (χ3n) is 2.46. The molecule has 1 N–H and O–H groups in total. The molecular formula is C14H15FN2. The first-order valence-corrected chi connectivity index (χ1v) is 5.75. The highest BCUT2D eigenvalue weighted by molar-refractivity contribution is 5.63. The molecule has 0 aliphatic rings. The standard InChI is InChI=1S/C14H15FN2/c1-2-7-16-13-6-8-17-14(10-13)11-4-3-5-12(15)9-11/h3-6,8-10H,2,7H2,1H3,(H,16,17). The summed E-state index contributed by atoms with van der Waals surface area (Å²) in [6.45, 7) is 3.04. The van der Waals surface area contributed by atoms with Crippen molar-refractivity contribution in [2.75, 3.05) is 11.9 Å². The van der Waals surface area contributed by atoms with Crippen molar-refractivity contribution in [3.05, 3.63) is 48.4 Å². The van der Waals surface area contributed by atoms with E-state index in [1.807, 2.05) is 18.2 Å². The van der Waals surface area contributed by atoms with Crippen LogP contribution in [-0.2, 0) is 0 Å². The first kappa shape index (κ1) is 11.6. The number of nitrogens with one attached hydrogen (secondary N) is 1. The van der Waals surface area contributed by atoms with Crippen molar-refractivity contribution in [2.45, 2.75) is 13.3 Å². The van der Waals surface area contributed by atoms with E-state index < -0.39 is 0 Å². The fraction of sp³-hybridized carbons (Fsp3) is 0.214. The van der Waals surface area contributed by atoms with Gasteiger partial charge in [-0.25, -0.2) is 4.39 Å². The van der Waals surface area contributed by atoms with Gasteiger partial charge in [0.1, 0.15) is 5.82 Å². The number of halogens is 1. The predicted molar refractivity (Wildman–Crippen MR) is 68.4 cm³/mol. The van der Waals surface area contributed by atoms with Crippen LogP contribution in [0.25, 0.3) is 11.3 Å². The molecule has 0 fully saturated rings. The Bertz CT molecular complexity index is 497. The van der Waals surface area contributed by atoms with Crippen molar-refractivity contribution in [2.24, 2.45) is 0 Å². The van der Waals surface area contributed by atoms with Crippen LogP contribution in [-0.4, -0.2) is 11.5 Å². The van der Waals surface area contributed by atoms with Crippen LogP contribution < -0.4 is 5.32 Å². The minimum absolute atomic E-state index is 0.240. The van der Waals surface area contributed by atoms with Crippen molar-refractivity contribution in [1.29, 1.82) is 0 Å². The SMILES string of the molecule is CCCNc1ccnc(-c2cccc(F)c2)c1. The molecule has 1 aromatic heterocycles. The fourth-order valence-electron chi connectivity index (χ4n) is 1.62. The summed E-state index contributed by atoms with van der Waals surface area (Å²) in [4.78, 5) is 4.25. The molecule has 0 radical (unpaired) electrons. The Kier molecular flexibility index (Phi) is 3.70. The van der Waals surface area contributed by atoms with Crippen molar-refractivity contribution < 1.29 is 4.39 Å². The number of hydrogen-bond donors (Lipinski definition) is 1. The molecule has 0 unspecified atom stereocenters. The molecule has 2 nitrogen and oxygen atoms in total. The average molecular weight is 230 g/mol. The first-order chi connectivity index (χ1) is 8.29. The van der Waals surface area contributed by atoms with Crippen LogP contribution in [0, 0.1) is 5.82 Å². The van der Waals surface area contributed by atoms with E-state index in [2.05, 4.69) is 17.2 Å². The minimum Gasteiger partial charge on any atom is -0.385 e. The number of aromatic nitrogens is 1. The lowest BCUT2D eigenvalue weighted by Crippen LogP contribution is -1.99. The van der Waals surface area contributed by atoms with Gasteiger partial charge in [0.2, 0.25) is 0 Å². The predicted octanol–water partition coefficient (Wildman–Crippen LogP) is 3.71. The maximum Gasteiger partial charge on any atom is 0.123 e. The summed E-state index contributed by atoms with van der Waals surface area (Å²) >= 11 is 0. The summed E-state index contributed by atoms with van der Waals surface area (Å²) in [6, 6.07) is 10.3. The maximum absolute atomic E-state index is 13.1. The second kappa shape index (κ2) is 5.43.